The van der Waals surface area contributed by atoms with Crippen LogP contribution in [0.25, 0.3) is 17.1 Å². The topological polar surface area (TPSA) is 84.1 Å². The summed E-state index contributed by atoms with van der Waals surface area (Å²) in [4.78, 5) is 17.2. The molecule has 3 heterocycles. The van der Waals surface area contributed by atoms with Crippen LogP contribution in [-0.2, 0) is 11.3 Å². The Morgan fingerprint density at radius 3 is 2.44 bits per heavy atom. The number of ether oxygens (including phenoxy) is 2. The molecular formula is C25H27N5O3S. The Morgan fingerprint density at radius 1 is 1.03 bits per heavy atom. The van der Waals surface area contributed by atoms with E-state index in [1.54, 1.807) is 26.6 Å². The molecule has 8 nitrogen and oxygen atoms in total. The SMILES string of the molecule is COCCn1c(C)cc(C(=O)CSc2nnc(-c3ccncc3)n2-c2ccc(OC)cc2)c1C. The smallest absolute Gasteiger partial charge is 0.196 e. The predicted octanol–water partition coefficient (Wildman–Crippen LogP) is 4.38. The Morgan fingerprint density at radius 2 is 1.76 bits per heavy atom. The molecule has 0 saturated carbocycles. The zero-order valence-electron chi connectivity index (χ0n) is 19.7. The summed E-state index contributed by atoms with van der Waals surface area (Å²) < 4.78 is 14.6. The molecule has 0 saturated heterocycles. The molecule has 4 aromatic rings. The zero-order chi connectivity index (χ0) is 24.1. The summed E-state index contributed by atoms with van der Waals surface area (Å²) >= 11 is 1.37. The third kappa shape index (κ3) is 4.90. The van der Waals surface area contributed by atoms with E-state index in [2.05, 4.69) is 19.7 Å². The van der Waals surface area contributed by atoms with Crippen LogP contribution < -0.4 is 4.74 Å². The van der Waals surface area contributed by atoms with Gasteiger partial charge in [0.05, 0.1) is 19.5 Å². The Kier molecular flexibility index (Phi) is 7.44. The lowest BCUT2D eigenvalue weighted by Crippen LogP contribution is -2.10. The number of hydrogen-bond donors (Lipinski definition) is 0. The molecule has 0 unspecified atom stereocenters. The lowest BCUT2D eigenvalue weighted by molar-refractivity contribution is 0.102. The van der Waals surface area contributed by atoms with Gasteiger partial charge < -0.3 is 14.0 Å². The van der Waals surface area contributed by atoms with E-state index < -0.39 is 0 Å². The van der Waals surface area contributed by atoms with Gasteiger partial charge in [-0.05, 0) is 56.3 Å². The maximum atomic E-state index is 13.1. The highest BCUT2D eigenvalue weighted by Crippen LogP contribution is 2.29. The number of thioether (sulfide) groups is 1. The van der Waals surface area contributed by atoms with Crippen LogP contribution in [-0.4, -0.2) is 56.7 Å². The van der Waals surface area contributed by atoms with Crippen LogP contribution in [0.1, 0.15) is 21.7 Å². The normalized spacial score (nSPS) is 11.1. The average molecular weight is 478 g/mol. The summed E-state index contributed by atoms with van der Waals surface area (Å²) in [5.41, 5.74) is 4.49. The summed E-state index contributed by atoms with van der Waals surface area (Å²) in [5, 5.41) is 9.48. The molecule has 3 aromatic heterocycles. The fourth-order valence-corrected chi connectivity index (χ4v) is 4.67. The first kappa shape index (κ1) is 23.7. The van der Waals surface area contributed by atoms with E-state index in [1.807, 2.05) is 60.9 Å². The van der Waals surface area contributed by atoms with Crippen molar-refractivity contribution < 1.29 is 14.3 Å². The number of aryl methyl sites for hydroxylation is 1. The van der Waals surface area contributed by atoms with Crippen molar-refractivity contribution in [1.29, 1.82) is 0 Å². The van der Waals surface area contributed by atoms with Gasteiger partial charge in [-0.15, -0.1) is 10.2 Å². The molecule has 4 rings (SSSR count). The van der Waals surface area contributed by atoms with Gasteiger partial charge >= 0.3 is 0 Å². The zero-order valence-corrected chi connectivity index (χ0v) is 20.5. The van der Waals surface area contributed by atoms with Gasteiger partial charge in [-0.2, -0.15) is 0 Å². The predicted molar refractivity (Wildman–Crippen MR) is 132 cm³/mol. The van der Waals surface area contributed by atoms with E-state index in [0.717, 1.165) is 40.5 Å². The lowest BCUT2D eigenvalue weighted by atomic mass is 10.2. The van der Waals surface area contributed by atoms with Crippen molar-refractivity contribution in [2.45, 2.75) is 25.5 Å². The Bertz CT molecular complexity index is 1270. The molecule has 0 fully saturated rings. The largest absolute Gasteiger partial charge is 0.497 e. The second-order valence-electron chi connectivity index (χ2n) is 7.72. The summed E-state index contributed by atoms with van der Waals surface area (Å²) in [7, 11) is 3.31. The number of benzene rings is 1. The van der Waals surface area contributed by atoms with E-state index in [9.17, 15) is 4.79 Å². The number of hydrogen-bond acceptors (Lipinski definition) is 7. The maximum absolute atomic E-state index is 13.1. The second-order valence-corrected chi connectivity index (χ2v) is 8.66. The summed E-state index contributed by atoms with van der Waals surface area (Å²) in [5.74, 6) is 1.74. The van der Waals surface area contributed by atoms with Gasteiger partial charge in [0.2, 0.25) is 0 Å². The number of carbonyl (C=O) groups is 1. The Hall–Kier alpha value is -3.43. The number of Topliss-reactive ketones (excluding diaryl/α,β-unsaturated/α-hetero) is 1. The minimum Gasteiger partial charge on any atom is -0.497 e. The van der Waals surface area contributed by atoms with Gasteiger partial charge in [-0.3, -0.25) is 14.3 Å². The fraction of sp³-hybridized carbons (Fsp3) is 0.280. The van der Waals surface area contributed by atoms with Gasteiger partial charge in [-0.1, -0.05) is 11.8 Å². The van der Waals surface area contributed by atoms with Gasteiger partial charge in [0.25, 0.3) is 0 Å². The third-order valence-corrected chi connectivity index (χ3v) is 6.56. The summed E-state index contributed by atoms with van der Waals surface area (Å²) in [6.07, 6.45) is 3.44. The highest BCUT2D eigenvalue weighted by atomic mass is 32.2. The summed E-state index contributed by atoms with van der Waals surface area (Å²) in [6.45, 7) is 5.30. The van der Waals surface area contributed by atoms with Crippen molar-refractivity contribution in [3.05, 3.63) is 71.8 Å². The number of nitrogens with zero attached hydrogens (tertiary/aromatic N) is 5. The van der Waals surface area contributed by atoms with Gasteiger partial charge in [0.1, 0.15) is 5.75 Å². The van der Waals surface area contributed by atoms with E-state index in [-0.39, 0.29) is 11.5 Å². The fourth-order valence-electron chi connectivity index (χ4n) is 3.83. The number of methoxy groups -OCH3 is 2. The average Bonchev–Trinajstić information content (AvgIpc) is 3.42. The molecule has 0 spiro atoms. The number of pyridine rings is 1. The highest BCUT2D eigenvalue weighted by molar-refractivity contribution is 7.99. The van der Waals surface area contributed by atoms with E-state index in [0.29, 0.717) is 17.6 Å². The number of rotatable bonds is 10. The summed E-state index contributed by atoms with van der Waals surface area (Å²) in [6, 6.07) is 13.4. The van der Waals surface area contributed by atoms with Crippen molar-refractivity contribution in [2.24, 2.45) is 0 Å². The molecule has 0 atom stereocenters. The van der Waals surface area contributed by atoms with E-state index >= 15 is 0 Å². The van der Waals surface area contributed by atoms with E-state index in [4.69, 9.17) is 9.47 Å². The highest BCUT2D eigenvalue weighted by Gasteiger charge is 2.20. The molecule has 34 heavy (non-hydrogen) atoms. The van der Waals surface area contributed by atoms with Crippen LogP contribution in [0.4, 0.5) is 0 Å². The van der Waals surface area contributed by atoms with Crippen LogP contribution in [0.5, 0.6) is 5.75 Å². The van der Waals surface area contributed by atoms with Crippen molar-refractivity contribution in [3.63, 3.8) is 0 Å². The number of ketones is 1. The molecule has 0 bridgehead atoms. The van der Waals surface area contributed by atoms with Crippen LogP contribution in [0.2, 0.25) is 0 Å². The van der Waals surface area contributed by atoms with Crippen molar-refractivity contribution in [1.82, 2.24) is 24.3 Å². The molecule has 0 radical (unpaired) electrons. The standard InChI is InChI=1S/C25H27N5O3S/c1-17-15-22(18(2)29(17)13-14-32-3)23(31)16-34-25-28-27-24(19-9-11-26-12-10-19)30(25)20-5-7-21(33-4)8-6-20/h5-12,15H,13-14,16H2,1-4H3. The van der Waals surface area contributed by atoms with Gasteiger partial charge in [0.15, 0.2) is 16.8 Å². The first-order valence-corrected chi connectivity index (χ1v) is 11.8. The molecule has 0 amide bonds. The number of aromatic nitrogens is 5. The van der Waals surface area contributed by atoms with Gasteiger partial charge in [0, 0.05) is 54.3 Å². The lowest BCUT2D eigenvalue weighted by Gasteiger charge is -2.11. The molecule has 0 aliphatic carbocycles. The molecule has 1 aromatic carbocycles. The Balaban J connectivity index is 1.62. The monoisotopic (exact) mass is 477 g/mol. The van der Waals surface area contributed by atoms with Crippen LogP contribution in [0, 0.1) is 13.8 Å². The van der Waals surface area contributed by atoms with Crippen molar-refractivity contribution in [2.75, 3.05) is 26.6 Å². The van der Waals surface area contributed by atoms with Crippen LogP contribution >= 0.6 is 11.8 Å². The van der Waals surface area contributed by atoms with Gasteiger partial charge in [-0.25, -0.2) is 0 Å². The number of carbonyl (C=O) groups excluding carboxylic acids is 1. The maximum Gasteiger partial charge on any atom is 0.196 e. The minimum absolute atomic E-state index is 0.0523. The Labute approximate surface area is 202 Å². The quantitative estimate of drug-likeness (QED) is 0.248. The van der Waals surface area contributed by atoms with E-state index in [1.165, 1.54) is 11.8 Å². The molecule has 9 heteroatoms. The van der Waals surface area contributed by atoms with Crippen molar-refractivity contribution >= 4 is 17.5 Å². The van der Waals surface area contributed by atoms with Crippen LogP contribution in [0.3, 0.4) is 0 Å². The van der Waals surface area contributed by atoms with Crippen LogP contribution in [0.15, 0.2) is 60.0 Å². The molecule has 0 aliphatic rings. The molecule has 176 valence electrons. The molecule has 0 N–H and O–H groups in total. The minimum atomic E-state index is 0.0523. The third-order valence-electron chi connectivity index (χ3n) is 5.63. The first-order valence-electron chi connectivity index (χ1n) is 10.9. The molecule has 0 aliphatic heterocycles. The molecular weight excluding hydrogens is 450 g/mol. The van der Waals surface area contributed by atoms with Crippen molar-refractivity contribution in [3.8, 4) is 22.8 Å². The first-order chi connectivity index (χ1) is 16.5. The second kappa shape index (κ2) is 10.7.